The molecule has 0 aliphatic carbocycles. The molecule has 8 heteroatoms. The zero-order chi connectivity index (χ0) is 14.8. The SMILES string of the molecule is CCCc1nnc2sc(NC(=O)c3cccc(Cl)c3)nn12. The van der Waals surface area contributed by atoms with Crippen LogP contribution in [0.3, 0.4) is 0 Å². The van der Waals surface area contributed by atoms with Gasteiger partial charge in [0, 0.05) is 17.0 Å². The van der Waals surface area contributed by atoms with Gasteiger partial charge in [0.25, 0.3) is 5.91 Å². The van der Waals surface area contributed by atoms with Gasteiger partial charge in [0.05, 0.1) is 0 Å². The van der Waals surface area contributed by atoms with Gasteiger partial charge in [-0.25, -0.2) is 0 Å². The number of aromatic nitrogens is 4. The molecule has 1 amide bonds. The predicted molar refractivity (Wildman–Crippen MR) is 82.1 cm³/mol. The first-order valence-corrected chi connectivity index (χ1v) is 7.65. The van der Waals surface area contributed by atoms with Gasteiger partial charge in [-0.2, -0.15) is 4.52 Å². The molecule has 0 aliphatic rings. The average molecular weight is 322 g/mol. The standard InChI is InChI=1S/C13H12ClN5OS/c1-2-4-10-16-17-13-19(10)18-12(21-13)15-11(20)8-5-3-6-9(14)7-8/h3,5-7H,2,4H2,1H3,(H,15,18,20). The van der Waals surface area contributed by atoms with Crippen LogP contribution in [-0.4, -0.2) is 25.7 Å². The Morgan fingerprint density at radius 1 is 1.43 bits per heavy atom. The number of hydrogen-bond donors (Lipinski definition) is 1. The number of carbonyl (C=O) groups is 1. The van der Waals surface area contributed by atoms with Gasteiger partial charge >= 0.3 is 0 Å². The number of carbonyl (C=O) groups excluding carboxylic acids is 1. The highest BCUT2D eigenvalue weighted by atomic mass is 35.5. The van der Waals surface area contributed by atoms with E-state index in [9.17, 15) is 4.79 Å². The van der Waals surface area contributed by atoms with Crippen molar-refractivity contribution in [1.82, 2.24) is 19.8 Å². The monoisotopic (exact) mass is 321 g/mol. The molecule has 108 valence electrons. The maximum absolute atomic E-state index is 12.1. The quantitative estimate of drug-likeness (QED) is 0.801. The van der Waals surface area contributed by atoms with E-state index in [1.165, 1.54) is 11.3 Å². The first-order chi connectivity index (χ1) is 10.2. The van der Waals surface area contributed by atoms with E-state index in [4.69, 9.17) is 11.6 Å². The molecule has 21 heavy (non-hydrogen) atoms. The fourth-order valence-electron chi connectivity index (χ4n) is 1.89. The Bertz CT molecular complexity index is 797. The lowest BCUT2D eigenvalue weighted by atomic mass is 10.2. The molecule has 3 rings (SSSR count). The molecular formula is C13H12ClN5OS. The molecule has 0 bridgehead atoms. The summed E-state index contributed by atoms with van der Waals surface area (Å²) >= 11 is 7.16. The minimum atomic E-state index is -0.250. The summed E-state index contributed by atoms with van der Waals surface area (Å²) in [7, 11) is 0. The zero-order valence-corrected chi connectivity index (χ0v) is 12.8. The number of amides is 1. The second kappa shape index (κ2) is 5.79. The van der Waals surface area contributed by atoms with Gasteiger partial charge in [-0.15, -0.1) is 15.3 Å². The van der Waals surface area contributed by atoms with Crippen molar-refractivity contribution in [3.63, 3.8) is 0 Å². The highest BCUT2D eigenvalue weighted by Gasteiger charge is 2.14. The van der Waals surface area contributed by atoms with Gasteiger partial charge in [-0.1, -0.05) is 35.9 Å². The third-order valence-electron chi connectivity index (χ3n) is 2.84. The van der Waals surface area contributed by atoms with Gasteiger partial charge in [0.2, 0.25) is 10.1 Å². The molecule has 3 aromatic rings. The summed E-state index contributed by atoms with van der Waals surface area (Å²) in [6.45, 7) is 2.06. The number of aryl methyl sites for hydroxylation is 1. The van der Waals surface area contributed by atoms with Crippen LogP contribution in [0.5, 0.6) is 0 Å². The Kier molecular flexibility index (Phi) is 3.85. The van der Waals surface area contributed by atoms with Crippen LogP contribution in [-0.2, 0) is 6.42 Å². The van der Waals surface area contributed by atoms with Crippen molar-refractivity contribution in [1.29, 1.82) is 0 Å². The van der Waals surface area contributed by atoms with Crippen molar-refractivity contribution in [3.05, 3.63) is 40.7 Å². The number of halogens is 1. The number of nitrogens with zero attached hydrogens (tertiary/aromatic N) is 4. The van der Waals surface area contributed by atoms with Crippen LogP contribution < -0.4 is 5.32 Å². The molecule has 0 saturated carbocycles. The fraction of sp³-hybridized carbons (Fsp3) is 0.231. The molecule has 0 radical (unpaired) electrons. The Labute approximate surface area is 129 Å². The Morgan fingerprint density at radius 2 is 2.29 bits per heavy atom. The van der Waals surface area contributed by atoms with E-state index in [1.807, 2.05) is 0 Å². The van der Waals surface area contributed by atoms with Gasteiger partial charge in [-0.3, -0.25) is 10.1 Å². The van der Waals surface area contributed by atoms with Gasteiger partial charge in [-0.05, 0) is 24.6 Å². The number of fused-ring (bicyclic) bond motifs is 1. The van der Waals surface area contributed by atoms with Crippen molar-refractivity contribution in [2.45, 2.75) is 19.8 Å². The van der Waals surface area contributed by atoms with Crippen molar-refractivity contribution in [2.24, 2.45) is 0 Å². The second-order valence-electron chi connectivity index (χ2n) is 4.43. The summed E-state index contributed by atoms with van der Waals surface area (Å²) < 4.78 is 1.67. The van der Waals surface area contributed by atoms with E-state index in [0.29, 0.717) is 20.7 Å². The molecule has 0 aliphatic heterocycles. The van der Waals surface area contributed by atoms with Crippen molar-refractivity contribution in [2.75, 3.05) is 5.32 Å². The van der Waals surface area contributed by atoms with E-state index in [1.54, 1.807) is 28.8 Å². The molecule has 0 spiro atoms. The topological polar surface area (TPSA) is 72.2 Å². The van der Waals surface area contributed by atoms with Gasteiger partial charge in [0.15, 0.2) is 5.82 Å². The van der Waals surface area contributed by atoms with Crippen molar-refractivity contribution < 1.29 is 4.79 Å². The van der Waals surface area contributed by atoms with E-state index in [2.05, 4.69) is 27.5 Å². The van der Waals surface area contributed by atoms with Crippen LogP contribution in [0.25, 0.3) is 4.96 Å². The first-order valence-electron chi connectivity index (χ1n) is 6.45. The lowest BCUT2D eigenvalue weighted by molar-refractivity contribution is 0.102. The molecule has 6 nitrogen and oxygen atoms in total. The predicted octanol–water partition coefficient (Wildman–Crippen LogP) is 3.04. The smallest absolute Gasteiger partial charge is 0.257 e. The first kappa shape index (κ1) is 14.0. The number of rotatable bonds is 4. The average Bonchev–Trinajstić information content (AvgIpc) is 3.01. The van der Waals surface area contributed by atoms with Crippen LogP contribution >= 0.6 is 22.9 Å². The van der Waals surface area contributed by atoms with E-state index in [-0.39, 0.29) is 5.91 Å². The second-order valence-corrected chi connectivity index (χ2v) is 5.82. The molecular weight excluding hydrogens is 310 g/mol. The Morgan fingerprint density at radius 3 is 3.05 bits per heavy atom. The van der Waals surface area contributed by atoms with Crippen molar-refractivity contribution >= 4 is 38.9 Å². The van der Waals surface area contributed by atoms with Crippen LogP contribution in [0.2, 0.25) is 5.02 Å². The molecule has 0 fully saturated rings. The highest BCUT2D eigenvalue weighted by molar-refractivity contribution is 7.20. The van der Waals surface area contributed by atoms with Crippen LogP contribution in [0, 0.1) is 0 Å². The Balaban J connectivity index is 1.83. The largest absolute Gasteiger partial charge is 0.296 e. The summed E-state index contributed by atoms with van der Waals surface area (Å²) in [6, 6.07) is 6.76. The van der Waals surface area contributed by atoms with Crippen molar-refractivity contribution in [3.8, 4) is 0 Å². The van der Waals surface area contributed by atoms with Gasteiger partial charge in [0.1, 0.15) is 0 Å². The normalized spacial score (nSPS) is 11.0. The summed E-state index contributed by atoms with van der Waals surface area (Å²) in [5.74, 6) is 0.548. The summed E-state index contributed by atoms with van der Waals surface area (Å²) in [6.07, 6.45) is 1.76. The molecule has 0 atom stereocenters. The third kappa shape index (κ3) is 2.88. The third-order valence-corrected chi connectivity index (χ3v) is 3.89. The van der Waals surface area contributed by atoms with Crippen LogP contribution in [0.15, 0.2) is 24.3 Å². The number of anilines is 1. The summed E-state index contributed by atoms with van der Waals surface area (Å²) in [5, 5.41) is 16.2. The summed E-state index contributed by atoms with van der Waals surface area (Å²) in [4.78, 5) is 12.8. The lowest BCUT2D eigenvalue weighted by Crippen LogP contribution is -2.12. The molecule has 2 aromatic heterocycles. The maximum atomic E-state index is 12.1. The molecule has 2 heterocycles. The minimum absolute atomic E-state index is 0.250. The van der Waals surface area contributed by atoms with E-state index >= 15 is 0 Å². The van der Waals surface area contributed by atoms with Gasteiger partial charge < -0.3 is 0 Å². The molecule has 0 saturated heterocycles. The van der Waals surface area contributed by atoms with Crippen LogP contribution in [0.1, 0.15) is 29.5 Å². The number of benzene rings is 1. The maximum Gasteiger partial charge on any atom is 0.257 e. The van der Waals surface area contributed by atoms with E-state index < -0.39 is 0 Å². The lowest BCUT2D eigenvalue weighted by Gasteiger charge is -2.01. The molecule has 1 aromatic carbocycles. The number of hydrogen-bond acceptors (Lipinski definition) is 5. The van der Waals surface area contributed by atoms with Crippen LogP contribution in [0.4, 0.5) is 5.13 Å². The minimum Gasteiger partial charge on any atom is -0.296 e. The molecule has 1 N–H and O–H groups in total. The fourth-order valence-corrected chi connectivity index (χ4v) is 2.83. The Hall–Kier alpha value is -1.99. The summed E-state index contributed by atoms with van der Waals surface area (Å²) in [5.41, 5.74) is 0.488. The number of nitrogens with one attached hydrogen (secondary N) is 1. The van der Waals surface area contributed by atoms with E-state index in [0.717, 1.165) is 18.7 Å². The highest BCUT2D eigenvalue weighted by Crippen LogP contribution is 2.20. The zero-order valence-electron chi connectivity index (χ0n) is 11.2. The molecule has 0 unspecified atom stereocenters.